The first kappa shape index (κ1) is 28.1. The van der Waals surface area contributed by atoms with Crippen LogP contribution in [0.1, 0.15) is 5.48 Å². The second kappa shape index (κ2) is 13.8. The summed E-state index contributed by atoms with van der Waals surface area (Å²) in [5, 5.41) is 1.25. The van der Waals surface area contributed by atoms with Crippen LogP contribution in [-0.4, -0.2) is 19.5 Å². The summed E-state index contributed by atoms with van der Waals surface area (Å²) in [4.78, 5) is 14.8. The number of hydrogen-bond acceptors (Lipinski definition) is 3. The van der Waals surface area contributed by atoms with Gasteiger partial charge in [-0.3, -0.25) is 0 Å². The van der Waals surface area contributed by atoms with Gasteiger partial charge in [-0.15, -0.1) is 0 Å². The Balaban J connectivity index is 1.15. The van der Waals surface area contributed by atoms with Crippen molar-refractivity contribution in [2.75, 3.05) is 0 Å². The Labute approximate surface area is 325 Å². The third-order valence-electron chi connectivity index (χ3n) is 9.98. The van der Waals surface area contributed by atoms with Crippen molar-refractivity contribution in [2.45, 2.75) is 0 Å². The molecular weight excluding hydrogens is 669 g/mol. The predicted octanol–water partition coefficient (Wildman–Crippen LogP) is 13.0. The maximum absolute atomic E-state index is 9.27. The van der Waals surface area contributed by atoms with E-state index in [1.54, 1.807) is 0 Å². The summed E-state index contributed by atoms with van der Waals surface area (Å²) in [6.45, 7) is 0. The quantitative estimate of drug-likeness (QED) is 0.166. The lowest BCUT2D eigenvalue weighted by Gasteiger charge is -2.13. The molecule has 0 aliphatic carbocycles. The average Bonchev–Trinajstić information content (AvgIpc) is 3.67. The summed E-state index contributed by atoms with van der Waals surface area (Å²) in [6.07, 6.45) is 0. The summed E-state index contributed by atoms with van der Waals surface area (Å²) < 4.78 is 38.0. The Kier molecular flexibility index (Phi) is 7.08. The molecule has 55 heavy (non-hydrogen) atoms. The third kappa shape index (κ3) is 5.96. The minimum absolute atomic E-state index is 0.0691. The molecule has 0 amide bonds. The van der Waals surface area contributed by atoms with Crippen LogP contribution in [-0.2, 0) is 0 Å². The molecule has 0 unspecified atom stereocenters. The first-order valence-corrected chi connectivity index (χ1v) is 18.2. The SMILES string of the molecule is [2H]c1c([2H])c([2H])c2c(c1[2H])c1c(-c3ccccc3-c3ccccc3)cccc1n2-c1cccc(-c2cccc(-c3nc(-c4ccccc4)nc(-c4ccccc4)n3)c2)c1. The monoisotopic (exact) mass is 706 g/mol. The molecule has 2 aromatic heterocycles. The van der Waals surface area contributed by atoms with Gasteiger partial charge in [0.25, 0.3) is 0 Å². The molecule has 4 nitrogen and oxygen atoms in total. The number of nitrogens with zero attached hydrogens (tertiary/aromatic N) is 4. The molecule has 0 atom stereocenters. The van der Waals surface area contributed by atoms with Crippen molar-refractivity contribution in [2.24, 2.45) is 0 Å². The molecule has 0 saturated carbocycles. The largest absolute Gasteiger partial charge is 0.309 e. The molecule has 10 rings (SSSR count). The minimum atomic E-state index is -0.274. The van der Waals surface area contributed by atoms with Gasteiger partial charge in [0.1, 0.15) is 0 Å². The van der Waals surface area contributed by atoms with Crippen LogP contribution in [0.25, 0.3) is 95.0 Å². The van der Waals surface area contributed by atoms with Gasteiger partial charge in [0, 0.05) is 33.2 Å². The fourth-order valence-corrected chi connectivity index (χ4v) is 7.44. The van der Waals surface area contributed by atoms with Crippen LogP contribution in [0.2, 0.25) is 0 Å². The Morgan fingerprint density at radius 2 is 0.855 bits per heavy atom. The molecular formula is C51H34N4. The Morgan fingerprint density at radius 3 is 1.55 bits per heavy atom. The molecule has 0 fully saturated rings. The van der Waals surface area contributed by atoms with E-state index >= 15 is 0 Å². The van der Waals surface area contributed by atoms with E-state index in [1.807, 2.05) is 144 Å². The fourth-order valence-electron chi connectivity index (χ4n) is 7.44. The number of fused-ring (bicyclic) bond motifs is 3. The van der Waals surface area contributed by atoms with Gasteiger partial charge in [0.2, 0.25) is 0 Å². The zero-order valence-corrected chi connectivity index (χ0v) is 29.6. The van der Waals surface area contributed by atoms with E-state index in [1.165, 1.54) is 0 Å². The van der Waals surface area contributed by atoms with Gasteiger partial charge in [-0.25, -0.2) is 15.0 Å². The molecule has 0 aliphatic heterocycles. The van der Waals surface area contributed by atoms with Crippen molar-refractivity contribution in [3.63, 3.8) is 0 Å². The zero-order valence-electron chi connectivity index (χ0n) is 33.6. The maximum atomic E-state index is 9.27. The smallest absolute Gasteiger partial charge is 0.164 e. The first-order chi connectivity index (χ1) is 28.9. The molecule has 0 N–H and O–H groups in total. The standard InChI is InChI=1S/C51H34N4/c1-4-17-35(18-5-1)42-27-10-11-28-43(42)44-30-16-32-47-48(44)45-29-12-13-31-46(45)55(47)41-26-15-24-39(34-41)38-23-14-25-40(33-38)51-53-49(36-19-6-2-7-20-36)52-50(54-51)37-21-8-3-9-22-37/h1-34H/i12D,13D,29D,31D. The van der Waals surface area contributed by atoms with Crippen LogP contribution in [0, 0.1) is 0 Å². The third-order valence-corrected chi connectivity index (χ3v) is 9.98. The highest BCUT2D eigenvalue weighted by Gasteiger charge is 2.19. The van der Waals surface area contributed by atoms with Crippen LogP contribution >= 0.6 is 0 Å². The molecule has 0 aliphatic rings. The van der Waals surface area contributed by atoms with E-state index in [2.05, 4.69) is 42.5 Å². The number of hydrogen-bond donors (Lipinski definition) is 0. The lowest BCUT2D eigenvalue weighted by Crippen LogP contribution is -2.00. The lowest BCUT2D eigenvalue weighted by molar-refractivity contribution is 1.07. The van der Waals surface area contributed by atoms with Gasteiger partial charge < -0.3 is 4.57 Å². The van der Waals surface area contributed by atoms with Gasteiger partial charge in [-0.1, -0.05) is 176 Å². The van der Waals surface area contributed by atoms with Crippen LogP contribution in [0.3, 0.4) is 0 Å². The second-order valence-corrected chi connectivity index (χ2v) is 13.3. The van der Waals surface area contributed by atoms with Crippen molar-refractivity contribution in [1.29, 1.82) is 0 Å². The van der Waals surface area contributed by atoms with Crippen molar-refractivity contribution < 1.29 is 5.48 Å². The number of para-hydroxylation sites is 1. The van der Waals surface area contributed by atoms with Crippen molar-refractivity contribution >= 4 is 21.8 Å². The molecule has 8 aromatic carbocycles. The van der Waals surface area contributed by atoms with Gasteiger partial charge in [0.15, 0.2) is 17.5 Å². The van der Waals surface area contributed by atoms with Crippen LogP contribution in [0.15, 0.2) is 206 Å². The molecule has 0 saturated heterocycles. The van der Waals surface area contributed by atoms with Crippen molar-refractivity contribution in [3.8, 4) is 73.2 Å². The van der Waals surface area contributed by atoms with Crippen LogP contribution in [0.4, 0.5) is 0 Å². The maximum Gasteiger partial charge on any atom is 0.164 e. The van der Waals surface area contributed by atoms with E-state index < -0.39 is 0 Å². The second-order valence-electron chi connectivity index (χ2n) is 13.3. The molecule has 2 heterocycles. The average molecular weight is 707 g/mol. The number of aromatic nitrogens is 4. The van der Waals surface area contributed by atoms with Gasteiger partial charge in [-0.2, -0.15) is 0 Å². The van der Waals surface area contributed by atoms with E-state index in [9.17, 15) is 2.74 Å². The Morgan fingerprint density at radius 1 is 0.364 bits per heavy atom. The summed E-state index contributed by atoms with van der Waals surface area (Å²) in [6, 6.07) is 59.8. The Hall–Kier alpha value is -7.43. The van der Waals surface area contributed by atoms with E-state index in [0.717, 1.165) is 66.7 Å². The van der Waals surface area contributed by atoms with Gasteiger partial charge in [0.05, 0.1) is 16.5 Å². The highest BCUT2D eigenvalue weighted by Crippen LogP contribution is 2.42. The number of benzene rings is 8. The van der Waals surface area contributed by atoms with Gasteiger partial charge in [-0.05, 0) is 63.7 Å². The van der Waals surface area contributed by atoms with E-state index in [0.29, 0.717) is 28.4 Å². The van der Waals surface area contributed by atoms with Crippen molar-refractivity contribution in [3.05, 3.63) is 206 Å². The fraction of sp³-hybridized carbons (Fsp3) is 0. The zero-order chi connectivity index (χ0) is 40.0. The normalized spacial score (nSPS) is 12.3. The highest BCUT2D eigenvalue weighted by atomic mass is 15.0. The molecule has 10 aromatic rings. The van der Waals surface area contributed by atoms with Crippen LogP contribution < -0.4 is 0 Å². The Bertz CT molecular complexity index is 3140. The number of rotatable bonds is 7. The summed E-state index contributed by atoms with van der Waals surface area (Å²) in [5.41, 5.74) is 10.4. The molecule has 0 spiro atoms. The summed E-state index contributed by atoms with van der Waals surface area (Å²) in [7, 11) is 0. The molecule has 4 heteroatoms. The molecule has 0 radical (unpaired) electrons. The molecule has 0 bridgehead atoms. The first-order valence-electron chi connectivity index (χ1n) is 20.2. The summed E-state index contributed by atoms with van der Waals surface area (Å²) >= 11 is 0. The predicted molar refractivity (Wildman–Crippen MR) is 227 cm³/mol. The van der Waals surface area contributed by atoms with Crippen molar-refractivity contribution in [1.82, 2.24) is 19.5 Å². The summed E-state index contributed by atoms with van der Waals surface area (Å²) in [5.74, 6) is 1.73. The highest BCUT2D eigenvalue weighted by molar-refractivity contribution is 6.16. The minimum Gasteiger partial charge on any atom is -0.309 e. The molecule has 258 valence electrons. The van der Waals surface area contributed by atoms with Gasteiger partial charge >= 0.3 is 0 Å². The van der Waals surface area contributed by atoms with E-state index in [-0.39, 0.29) is 24.2 Å². The topological polar surface area (TPSA) is 43.6 Å². The van der Waals surface area contributed by atoms with E-state index in [4.69, 9.17) is 17.7 Å². The van der Waals surface area contributed by atoms with Crippen LogP contribution in [0.5, 0.6) is 0 Å². The lowest BCUT2D eigenvalue weighted by atomic mass is 9.92.